The molecule has 1 rings (SSSR count). The number of aryl methyl sites for hydroxylation is 1. The first-order valence-electron chi connectivity index (χ1n) is 6.41. The molecule has 0 aliphatic rings. The van der Waals surface area contributed by atoms with Crippen molar-refractivity contribution in [2.45, 2.75) is 13.3 Å². The highest BCUT2D eigenvalue weighted by atomic mass is 16.6. The van der Waals surface area contributed by atoms with Gasteiger partial charge in [0.05, 0.1) is 25.1 Å². The Morgan fingerprint density at radius 3 is 2.67 bits per heavy atom. The monoisotopic (exact) mass is 297 g/mol. The van der Waals surface area contributed by atoms with E-state index in [-0.39, 0.29) is 18.1 Å². The summed E-state index contributed by atoms with van der Waals surface area (Å²) in [6, 6.07) is 1.46. The Labute approximate surface area is 122 Å². The minimum Gasteiger partial charge on any atom is -0.469 e. The molecule has 8 heteroatoms. The highest BCUT2D eigenvalue weighted by molar-refractivity contribution is 5.70. The standard InChI is InChI=1S/C13H19N3O5/c1-10-8-11(16(18)19)9-14-13(10)15(6-7-20-2)5-4-12(17)21-3/h8-9H,4-7H2,1-3H3. The van der Waals surface area contributed by atoms with E-state index in [1.165, 1.54) is 19.4 Å². The first kappa shape index (κ1) is 16.8. The number of anilines is 1. The lowest BCUT2D eigenvalue weighted by Crippen LogP contribution is -2.31. The summed E-state index contributed by atoms with van der Waals surface area (Å²) < 4.78 is 9.65. The Balaban J connectivity index is 2.91. The van der Waals surface area contributed by atoms with Crippen molar-refractivity contribution in [1.29, 1.82) is 0 Å². The van der Waals surface area contributed by atoms with Crippen molar-refractivity contribution >= 4 is 17.5 Å². The van der Waals surface area contributed by atoms with Gasteiger partial charge in [-0.25, -0.2) is 4.98 Å². The van der Waals surface area contributed by atoms with Crippen LogP contribution >= 0.6 is 0 Å². The Morgan fingerprint density at radius 2 is 2.14 bits per heavy atom. The predicted molar refractivity (Wildman–Crippen MR) is 76.4 cm³/mol. The van der Waals surface area contributed by atoms with E-state index in [2.05, 4.69) is 9.72 Å². The van der Waals surface area contributed by atoms with Crippen LogP contribution in [0.1, 0.15) is 12.0 Å². The van der Waals surface area contributed by atoms with Gasteiger partial charge in [-0.15, -0.1) is 0 Å². The van der Waals surface area contributed by atoms with E-state index < -0.39 is 4.92 Å². The number of ether oxygens (including phenoxy) is 2. The first-order valence-corrected chi connectivity index (χ1v) is 6.41. The van der Waals surface area contributed by atoms with Crippen LogP contribution in [0.3, 0.4) is 0 Å². The molecule has 0 aliphatic carbocycles. The summed E-state index contributed by atoms with van der Waals surface area (Å²) in [6.45, 7) is 3.13. The fraction of sp³-hybridized carbons (Fsp3) is 0.538. The van der Waals surface area contributed by atoms with Crippen molar-refractivity contribution in [2.24, 2.45) is 0 Å². The van der Waals surface area contributed by atoms with Gasteiger partial charge in [0.15, 0.2) is 0 Å². The lowest BCUT2D eigenvalue weighted by molar-refractivity contribution is -0.385. The Morgan fingerprint density at radius 1 is 1.43 bits per heavy atom. The lowest BCUT2D eigenvalue weighted by Gasteiger charge is -2.24. The van der Waals surface area contributed by atoms with Crippen LogP contribution in [-0.2, 0) is 14.3 Å². The molecule has 0 amide bonds. The molecule has 1 heterocycles. The maximum absolute atomic E-state index is 11.3. The van der Waals surface area contributed by atoms with E-state index in [0.29, 0.717) is 31.1 Å². The number of hydrogen-bond donors (Lipinski definition) is 0. The summed E-state index contributed by atoms with van der Waals surface area (Å²) in [6.07, 6.45) is 1.42. The molecule has 0 radical (unpaired) electrons. The normalized spacial score (nSPS) is 10.2. The van der Waals surface area contributed by atoms with Crippen molar-refractivity contribution < 1.29 is 19.2 Å². The smallest absolute Gasteiger partial charge is 0.307 e. The third-order valence-electron chi connectivity index (χ3n) is 2.93. The second kappa shape index (κ2) is 8.15. The number of rotatable bonds is 8. The van der Waals surface area contributed by atoms with Crippen LogP contribution in [0.25, 0.3) is 0 Å². The highest BCUT2D eigenvalue weighted by Gasteiger charge is 2.16. The van der Waals surface area contributed by atoms with Gasteiger partial charge in [0.1, 0.15) is 12.0 Å². The van der Waals surface area contributed by atoms with Crippen LogP contribution in [0.5, 0.6) is 0 Å². The van der Waals surface area contributed by atoms with Gasteiger partial charge in [-0.3, -0.25) is 14.9 Å². The van der Waals surface area contributed by atoms with Gasteiger partial charge in [0, 0.05) is 26.3 Å². The van der Waals surface area contributed by atoms with Crippen molar-refractivity contribution in [3.8, 4) is 0 Å². The van der Waals surface area contributed by atoms with E-state index in [1.807, 2.05) is 4.90 Å². The molecule has 0 saturated heterocycles. The van der Waals surface area contributed by atoms with Gasteiger partial charge in [-0.2, -0.15) is 0 Å². The van der Waals surface area contributed by atoms with Gasteiger partial charge in [-0.1, -0.05) is 0 Å². The van der Waals surface area contributed by atoms with E-state index in [1.54, 1.807) is 14.0 Å². The minimum atomic E-state index is -0.488. The number of nitrogens with zero attached hydrogens (tertiary/aromatic N) is 3. The van der Waals surface area contributed by atoms with Crippen molar-refractivity contribution in [3.05, 3.63) is 27.9 Å². The molecule has 8 nitrogen and oxygen atoms in total. The average molecular weight is 297 g/mol. The van der Waals surface area contributed by atoms with E-state index in [0.717, 1.165) is 0 Å². The highest BCUT2D eigenvalue weighted by Crippen LogP contribution is 2.21. The topological polar surface area (TPSA) is 94.8 Å². The molecule has 0 fully saturated rings. The second-order valence-electron chi connectivity index (χ2n) is 4.40. The largest absolute Gasteiger partial charge is 0.469 e. The fourth-order valence-electron chi connectivity index (χ4n) is 1.84. The molecule has 1 aromatic rings. The molecule has 1 aromatic heterocycles. The number of aromatic nitrogens is 1. The van der Waals surface area contributed by atoms with Gasteiger partial charge >= 0.3 is 5.97 Å². The fourth-order valence-corrected chi connectivity index (χ4v) is 1.84. The van der Waals surface area contributed by atoms with Gasteiger partial charge in [-0.05, 0) is 12.5 Å². The molecular formula is C13H19N3O5. The Hall–Kier alpha value is -2.22. The maximum Gasteiger partial charge on any atom is 0.307 e. The quantitative estimate of drug-likeness (QED) is 0.405. The number of carbonyl (C=O) groups is 1. The third kappa shape index (κ3) is 4.99. The predicted octanol–water partition coefficient (Wildman–Crippen LogP) is 1.31. The number of carbonyl (C=O) groups excluding carboxylic acids is 1. The molecule has 0 aromatic carbocycles. The molecule has 0 saturated carbocycles. The number of methoxy groups -OCH3 is 2. The summed E-state index contributed by atoms with van der Waals surface area (Å²) in [5, 5.41) is 10.7. The van der Waals surface area contributed by atoms with Crippen molar-refractivity contribution in [3.63, 3.8) is 0 Å². The number of esters is 1. The van der Waals surface area contributed by atoms with Crippen LogP contribution in [0, 0.1) is 17.0 Å². The number of nitro groups is 1. The molecule has 0 bridgehead atoms. The van der Waals surface area contributed by atoms with E-state index in [4.69, 9.17) is 4.74 Å². The molecule has 0 atom stereocenters. The van der Waals surface area contributed by atoms with Crippen LogP contribution in [0.2, 0.25) is 0 Å². The minimum absolute atomic E-state index is 0.0593. The molecule has 0 aliphatic heterocycles. The average Bonchev–Trinajstić information content (AvgIpc) is 2.47. The van der Waals surface area contributed by atoms with Crippen LogP contribution in [0.4, 0.5) is 11.5 Å². The summed E-state index contributed by atoms with van der Waals surface area (Å²) in [5.74, 6) is 0.276. The van der Waals surface area contributed by atoms with Crippen LogP contribution in [-0.4, -0.2) is 49.8 Å². The van der Waals surface area contributed by atoms with Gasteiger partial charge in [0.2, 0.25) is 0 Å². The van der Waals surface area contributed by atoms with Crippen molar-refractivity contribution in [1.82, 2.24) is 4.98 Å². The summed E-state index contributed by atoms with van der Waals surface area (Å²) in [5.41, 5.74) is 0.612. The summed E-state index contributed by atoms with van der Waals surface area (Å²) in [4.78, 5) is 27.5. The van der Waals surface area contributed by atoms with Crippen molar-refractivity contribution in [2.75, 3.05) is 38.8 Å². The third-order valence-corrected chi connectivity index (χ3v) is 2.93. The second-order valence-corrected chi connectivity index (χ2v) is 4.40. The Kier molecular flexibility index (Phi) is 6.54. The zero-order valence-electron chi connectivity index (χ0n) is 12.4. The molecular weight excluding hydrogens is 278 g/mol. The molecule has 0 N–H and O–H groups in total. The van der Waals surface area contributed by atoms with E-state index >= 15 is 0 Å². The zero-order valence-corrected chi connectivity index (χ0v) is 12.4. The van der Waals surface area contributed by atoms with Gasteiger partial charge in [0.25, 0.3) is 5.69 Å². The zero-order chi connectivity index (χ0) is 15.8. The SMILES string of the molecule is COCCN(CCC(=O)OC)c1ncc([N+](=O)[O-])cc1C. The lowest BCUT2D eigenvalue weighted by atomic mass is 10.2. The molecule has 21 heavy (non-hydrogen) atoms. The molecule has 116 valence electrons. The Bertz CT molecular complexity index is 507. The summed E-state index contributed by atoms with van der Waals surface area (Å²) >= 11 is 0. The van der Waals surface area contributed by atoms with Crippen LogP contribution in [0.15, 0.2) is 12.3 Å². The number of pyridine rings is 1. The maximum atomic E-state index is 11.3. The van der Waals surface area contributed by atoms with E-state index in [9.17, 15) is 14.9 Å². The number of hydrogen-bond acceptors (Lipinski definition) is 7. The van der Waals surface area contributed by atoms with Gasteiger partial charge < -0.3 is 14.4 Å². The first-order chi connectivity index (χ1) is 9.99. The van der Waals surface area contributed by atoms with Crippen LogP contribution < -0.4 is 4.90 Å². The molecule has 0 spiro atoms. The molecule has 0 unspecified atom stereocenters. The summed E-state index contributed by atoms with van der Waals surface area (Å²) in [7, 11) is 2.91.